The van der Waals surface area contributed by atoms with E-state index in [0.717, 1.165) is 24.2 Å². The summed E-state index contributed by atoms with van der Waals surface area (Å²) in [7, 11) is 0. The summed E-state index contributed by atoms with van der Waals surface area (Å²) in [4.78, 5) is 47.3. The van der Waals surface area contributed by atoms with Gasteiger partial charge in [0.25, 0.3) is 5.91 Å². The zero-order valence-corrected chi connectivity index (χ0v) is 21.5. The number of aromatic nitrogens is 3. The van der Waals surface area contributed by atoms with E-state index in [9.17, 15) is 14.4 Å². The van der Waals surface area contributed by atoms with Crippen LogP contribution in [0.1, 0.15) is 48.7 Å². The van der Waals surface area contributed by atoms with Gasteiger partial charge in [0, 0.05) is 24.3 Å². The third-order valence-electron chi connectivity index (χ3n) is 7.20. The Labute approximate surface area is 215 Å². The maximum atomic E-state index is 12.9. The normalized spacial score (nSPS) is 14.5. The SMILES string of the molecule is CCN(CC)Cc1cc(C(=O)NCC(=O)B2CCC(n3c(=O)[nH]c4ncccc43)CC2)cc(Cl)c1N. The number of carbonyl (C=O) groups is 2. The second-order valence-corrected chi connectivity index (χ2v) is 9.73. The van der Waals surface area contributed by atoms with Crippen molar-refractivity contribution < 1.29 is 9.59 Å². The first-order valence-corrected chi connectivity index (χ1v) is 12.9. The molecule has 0 spiro atoms. The van der Waals surface area contributed by atoms with Crippen molar-refractivity contribution in [1.82, 2.24) is 24.8 Å². The molecule has 4 N–H and O–H groups in total. The molecule has 0 bridgehead atoms. The molecule has 1 fully saturated rings. The molecule has 0 aliphatic carbocycles. The fraction of sp³-hybridized carbons (Fsp3) is 0.440. The number of nitrogens with one attached hydrogen (secondary N) is 2. The molecule has 1 aliphatic heterocycles. The Hall–Kier alpha value is -3.11. The fourth-order valence-electron chi connectivity index (χ4n) is 5.02. The Morgan fingerprint density at radius 1 is 1.28 bits per heavy atom. The van der Waals surface area contributed by atoms with Gasteiger partial charge in [0.15, 0.2) is 5.65 Å². The van der Waals surface area contributed by atoms with Crippen LogP contribution in [0.3, 0.4) is 0 Å². The van der Waals surface area contributed by atoms with Crippen LogP contribution in [-0.4, -0.2) is 57.4 Å². The van der Waals surface area contributed by atoms with Crippen LogP contribution in [0.5, 0.6) is 0 Å². The highest BCUT2D eigenvalue weighted by Crippen LogP contribution is 2.30. The number of nitrogens with zero attached hydrogens (tertiary/aromatic N) is 3. The first kappa shape index (κ1) is 26.0. The van der Waals surface area contributed by atoms with Crippen molar-refractivity contribution >= 4 is 46.8 Å². The van der Waals surface area contributed by atoms with Gasteiger partial charge in [-0.3, -0.25) is 19.2 Å². The van der Waals surface area contributed by atoms with E-state index < -0.39 is 0 Å². The summed E-state index contributed by atoms with van der Waals surface area (Å²) in [5.74, 6) is -0.349. The molecule has 11 heteroatoms. The lowest BCUT2D eigenvalue weighted by Crippen LogP contribution is -2.40. The first-order chi connectivity index (χ1) is 17.3. The Morgan fingerprint density at radius 3 is 2.69 bits per heavy atom. The number of pyridine rings is 1. The van der Waals surface area contributed by atoms with Crippen LogP contribution in [-0.2, 0) is 11.3 Å². The van der Waals surface area contributed by atoms with Crippen LogP contribution in [0.15, 0.2) is 35.3 Å². The second-order valence-electron chi connectivity index (χ2n) is 9.32. The van der Waals surface area contributed by atoms with E-state index in [1.807, 2.05) is 12.1 Å². The number of H-pyrrole nitrogens is 1. The van der Waals surface area contributed by atoms with Crippen LogP contribution in [0.2, 0.25) is 17.7 Å². The summed E-state index contributed by atoms with van der Waals surface area (Å²) in [5, 5.41) is 3.08. The van der Waals surface area contributed by atoms with Crippen molar-refractivity contribution in [1.29, 1.82) is 0 Å². The van der Waals surface area contributed by atoms with Gasteiger partial charge in [-0.25, -0.2) is 9.78 Å². The Balaban J connectivity index is 1.35. The van der Waals surface area contributed by atoms with Gasteiger partial charge in [-0.1, -0.05) is 38.1 Å². The fourth-order valence-corrected chi connectivity index (χ4v) is 5.25. The molecule has 3 heterocycles. The van der Waals surface area contributed by atoms with E-state index in [4.69, 9.17) is 17.3 Å². The summed E-state index contributed by atoms with van der Waals surface area (Å²) < 4.78 is 1.76. The molecule has 9 nitrogen and oxygen atoms in total. The largest absolute Gasteiger partial charge is 0.397 e. The number of aromatic amines is 1. The van der Waals surface area contributed by atoms with Crippen LogP contribution >= 0.6 is 11.6 Å². The van der Waals surface area contributed by atoms with E-state index in [1.54, 1.807) is 22.9 Å². The second kappa shape index (κ2) is 11.3. The highest BCUT2D eigenvalue weighted by molar-refractivity contribution is 6.90. The van der Waals surface area contributed by atoms with E-state index in [0.29, 0.717) is 53.9 Å². The average Bonchev–Trinajstić information content (AvgIpc) is 3.23. The van der Waals surface area contributed by atoms with Crippen molar-refractivity contribution in [2.75, 3.05) is 25.4 Å². The van der Waals surface area contributed by atoms with Gasteiger partial charge in [0.2, 0.25) is 6.71 Å². The number of halogens is 1. The van der Waals surface area contributed by atoms with Crippen molar-refractivity contribution in [2.45, 2.75) is 51.9 Å². The Bertz CT molecular complexity index is 1310. The molecule has 1 saturated heterocycles. The predicted molar refractivity (Wildman–Crippen MR) is 144 cm³/mol. The number of anilines is 1. The van der Waals surface area contributed by atoms with E-state index in [-0.39, 0.29) is 36.6 Å². The molecular formula is C25H32BClN6O3. The van der Waals surface area contributed by atoms with E-state index >= 15 is 0 Å². The van der Waals surface area contributed by atoms with Gasteiger partial charge < -0.3 is 15.8 Å². The number of carbonyl (C=O) groups excluding carboxylic acids is 2. The monoisotopic (exact) mass is 510 g/mol. The average molecular weight is 511 g/mol. The molecule has 2 aromatic heterocycles. The van der Waals surface area contributed by atoms with Gasteiger partial charge in [-0.2, -0.15) is 0 Å². The number of rotatable bonds is 9. The maximum Gasteiger partial charge on any atom is 0.327 e. The molecule has 1 aliphatic rings. The summed E-state index contributed by atoms with van der Waals surface area (Å²) >= 11 is 6.30. The maximum absolute atomic E-state index is 12.9. The molecule has 1 amide bonds. The number of amides is 1. The zero-order chi connectivity index (χ0) is 25.8. The van der Waals surface area contributed by atoms with Crippen LogP contribution in [0, 0.1) is 0 Å². The smallest absolute Gasteiger partial charge is 0.327 e. The zero-order valence-electron chi connectivity index (χ0n) is 20.7. The highest BCUT2D eigenvalue weighted by Gasteiger charge is 2.31. The number of hydrogen-bond acceptors (Lipinski definition) is 6. The van der Waals surface area contributed by atoms with Crippen molar-refractivity contribution in [3.05, 3.63) is 57.1 Å². The van der Waals surface area contributed by atoms with Gasteiger partial charge in [-0.05, 0) is 55.8 Å². The lowest BCUT2D eigenvalue weighted by molar-refractivity contribution is -0.111. The van der Waals surface area contributed by atoms with Crippen molar-refractivity contribution in [3.63, 3.8) is 0 Å². The number of nitrogen functional groups attached to an aromatic ring is 1. The third kappa shape index (κ3) is 5.49. The molecule has 36 heavy (non-hydrogen) atoms. The number of imidazole rings is 1. The number of nitrogens with two attached hydrogens (primary N) is 1. The molecule has 4 rings (SSSR count). The van der Waals surface area contributed by atoms with E-state index in [1.165, 1.54) is 0 Å². The van der Waals surface area contributed by atoms with Crippen LogP contribution in [0.4, 0.5) is 5.69 Å². The molecular weight excluding hydrogens is 479 g/mol. The van der Waals surface area contributed by atoms with Crippen molar-refractivity contribution in [2.24, 2.45) is 0 Å². The summed E-state index contributed by atoms with van der Waals surface area (Å²) in [5.41, 5.74) is 8.99. The van der Waals surface area contributed by atoms with Gasteiger partial charge >= 0.3 is 5.69 Å². The third-order valence-corrected chi connectivity index (χ3v) is 7.51. The molecule has 1 aromatic carbocycles. The quantitative estimate of drug-likeness (QED) is 0.300. The molecule has 0 radical (unpaired) electrons. The predicted octanol–water partition coefficient (Wildman–Crippen LogP) is 3.17. The Morgan fingerprint density at radius 2 is 2.00 bits per heavy atom. The summed E-state index contributed by atoms with van der Waals surface area (Å²) in [6.45, 7) is 6.24. The number of fused-ring (bicyclic) bond motifs is 1. The number of benzene rings is 1. The van der Waals surface area contributed by atoms with Gasteiger partial charge in [0.05, 0.1) is 22.8 Å². The molecule has 190 valence electrons. The minimum atomic E-state index is -0.349. The minimum absolute atomic E-state index is 0.000327. The topological polar surface area (TPSA) is 126 Å². The molecule has 3 aromatic rings. The number of hydrogen-bond donors (Lipinski definition) is 3. The lowest BCUT2D eigenvalue weighted by atomic mass is 9.38. The lowest BCUT2D eigenvalue weighted by Gasteiger charge is -2.26. The highest BCUT2D eigenvalue weighted by atomic mass is 35.5. The standard InChI is InChI=1S/C25H32BClN6O3/c1-3-32(4-2)15-17-12-16(13-19(27)22(17)28)24(35)30-14-21(34)26-9-7-18(8-10-26)33-20-6-5-11-29-23(20)31-25(33)36/h5-6,11-13,18H,3-4,7-10,14-15,28H2,1-2H3,(H,30,35)(H,29,31,36). The van der Waals surface area contributed by atoms with Crippen LogP contribution < -0.4 is 16.7 Å². The minimum Gasteiger partial charge on any atom is -0.397 e. The Kier molecular flexibility index (Phi) is 8.16. The van der Waals surface area contributed by atoms with Crippen molar-refractivity contribution in [3.8, 4) is 0 Å². The van der Waals surface area contributed by atoms with Gasteiger partial charge in [-0.15, -0.1) is 0 Å². The summed E-state index contributed by atoms with van der Waals surface area (Å²) in [6.07, 6.45) is 4.42. The first-order valence-electron chi connectivity index (χ1n) is 12.5. The molecule has 0 unspecified atom stereocenters. The van der Waals surface area contributed by atoms with Gasteiger partial charge in [0.1, 0.15) is 5.68 Å². The summed E-state index contributed by atoms with van der Waals surface area (Å²) in [6, 6.07) is 7.00. The van der Waals surface area contributed by atoms with E-state index in [2.05, 4.69) is 34.0 Å². The van der Waals surface area contributed by atoms with Crippen LogP contribution in [0.25, 0.3) is 11.2 Å². The molecule has 0 saturated carbocycles. The molecule has 0 atom stereocenters.